The SMILES string of the molecule is C.C.C.C.C.C.CC(=O)OC(C)=O.CCCCCON=O.CC[C@H]1OC(n2cnc3c(=O)[nH]c(N)nc32)C(OC(C)=O)[C@@H]1OC(C)=O.CC[C@H]1OC(n2cnc3c(Cl)nc(I)nc32)C(OC(C)=O)[C@@H]1OC(C)=O.CC[C@H]1OC(n2cnc3c(Cl)nc(N)nc32)C(OC(C)=O)[C@@H]1OC(C)=O.ICI.NN.Nc1nc(I)nc2c1ncn2C1O[C@H](CO)[C@@H](O)[C@H]1O.Nc1nc2c(ncn2C2O[C@H](CO)[C@@H](O)[C@H]2O)c(=O)[nH]1.O=P(Cl)(Cl)Cl. The van der Waals surface area contributed by atoms with Gasteiger partial charge in [-0.15, -0.1) is 4.91 Å². The number of nitrogens with two attached hydrogens (primary N) is 6. The number of aliphatic hydroxyl groups is 6. The first-order chi connectivity index (χ1) is 67.4. The Kier molecular flexibility index (Phi) is 62.2. The Morgan fingerprint density at radius 2 is 0.698 bits per heavy atom. The number of fused-ring (bicyclic) bond motifs is 5. The van der Waals surface area contributed by atoms with Crippen LogP contribution in [0.2, 0.25) is 10.3 Å². The van der Waals surface area contributed by atoms with Gasteiger partial charge in [0.15, 0.2) is 136 Å². The number of hydrogen-bond donors (Lipinski definition) is 14. The number of aliphatic hydroxyl groups excluding tert-OH is 6. The fourth-order valence-electron chi connectivity index (χ4n) is 14.1. The van der Waals surface area contributed by atoms with Gasteiger partial charge in [0.05, 0.1) is 47.3 Å². The van der Waals surface area contributed by atoms with Gasteiger partial charge < -0.3 is 115 Å². The summed E-state index contributed by atoms with van der Waals surface area (Å²) in [6.45, 7) is 17.3. The van der Waals surface area contributed by atoms with Crippen LogP contribution in [0.15, 0.2) is 46.6 Å². The minimum atomic E-state index is -3.22. The second-order valence-corrected chi connectivity index (χ2v) is 43.3. The van der Waals surface area contributed by atoms with E-state index in [4.69, 9.17) is 108 Å². The Labute approximate surface area is 931 Å². The molecule has 20 N–H and O–H groups in total. The highest BCUT2D eigenvalue weighted by Gasteiger charge is 2.54. The number of rotatable bonds is 21. The molecule has 0 aliphatic carbocycles. The van der Waals surface area contributed by atoms with Crippen molar-refractivity contribution in [3.63, 3.8) is 0 Å². The average molecular weight is 2690 g/mol. The van der Waals surface area contributed by atoms with Crippen molar-refractivity contribution in [3.05, 3.63) is 75.2 Å². The van der Waals surface area contributed by atoms with Gasteiger partial charge in [-0.1, -0.05) is 153 Å². The van der Waals surface area contributed by atoms with E-state index in [1.807, 2.05) is 66.0 Å². The topological polar surface area (TPSA) is 838 Å². The Hall–Kier alpha value is -9.01. The number of hydrazine groups is 1. The lowest BCUT2D eigenvalue weighted by Crippen LogP contribution is -2.38. The molecule has 0 aromatic carbocycles. The normalized spacial score (nSPS) is 22.8. The van der Waals surface area contributed by atoms with E-state index in [9.17, 15) is 77.8 Å². The predicted octanol–water partition coefficient (Wildman–Crippen LogP) is 8.53. The standard InChI is InChI=1S/C15H16ClIN4O5.C15H18ClN5O5.C15H19N5O6.C10H12IN5O4.C10H13N5O5.C5H11NO2.C4H6O3.CH2I2.6CH4.Cl3OP.H4N2/c2*1-4-8-10(24-6(2)22)11(25-7(3)23)14(26-8)21-5-18-9-12(16)19-15(17)20-13(9)21;1-4-8-10(24-6(2)21)11(25-7(3)22)14(26-8)20-5-17-9-12(20)18-15(16)19-13(9)23;11-10-14-7(12)4-8(15-10)16(2-13-4)9-6(19)5(18)3(1-17)20-9;11-10-13-7-4(8(19)14-10)12-2-15(7)9-6(18)5(17)3(1-16)20-9;1-2-3-4-5-8-6-7;1-3(5)7-4(2)6;2-1-3;;;;;;;1-5(2,3)4;1-2/h5,8,10-11,14H,4H2,1-3H3;5,8,10-11,14H,4H2,1-3H3,(H2,17,19,20);5,8,10-11,14H,4H2,1-3H3,(H3,16,18,19,23);2-3,5-6,9,17-19H,1H2,(H2,12,14,15);2-3,5-6,9,16-18H,1H2,(H3,11,13,14,19);2-5H2,1H3;1-2H3;1H2;6*1H4;;1-2H2/t3*8-,10-,11?,14?;2*3-,5-,6-,9?;;;;;;;;;;;/m11111.........../s1. The van der Waals surface area contributed by atoms with E-state index in [1.54, 1.807) is 9.13 Å². The number of unbranched alkanes of at least 4 members (excludes halogenated alkanes) is 2. The summed E-state index contributed by atoms with van der Waals surface area (Å²) in [4.78, 5) is 184. The molecule has 0 radical (unpaired) electrons. The number of imidazole rings is 5. The first-order valence-electron chi connectivity index (χ1n) is 41.8. The molecule has 0 amide bonds. The van der Waals surface area contributed by atoms with Crippen molar-refractivity contribution in [2.24, 2.45) is 17.0 Å². The van der Waals surface area contributed by atoms with E-state index in [-0.39, 0.29) is 101 Å². The number of carbonyl (C=O) groups excluding carboxylic acids is 8. The largest absolute Gasteiger partial charge is 0.456 e. The Bertz CT molecular complexity index is 6020. The first-order valence-corrected chi connectivity index (χ1v) is 52.2. The van der Waals surface area contributed by atoms with Crippen molar-refractivity contribution in [2.45, 2.75) is 289 Å². The van der Waals surface area contributed by atoms with Gasteiger partial charge in [0.1, 0.15) is 78.1 Å². The molecule has 0 spiro atoms. The smallest absolute Gasteiger partial charge is 0.339 e. The summed E-state index contributed by atoms with van der Waals surface area (Å²) in [7, 11) is 0. The predicted molar refractivity (Wildman–Crippen MR) is 578 cm³/mol. The van der Waals surface area contributed by atoms with Crippen molar-refractivity contribution in [1.29, 1.82) is 0 Å². The van der Waals surface area contributed by atoms with Gasteiger partial charge >= 0.3 is 53.0 Å². The molecule has 5 saturated heterocycles. The zero-order chi connectivity index (χ0) is 107. The van der Waals surface area contributed by atoms with E-state index in [2.05, 4.69) is 187 Å². The number of nitrogens with zero attached hydrogens (tertiary/aromatic N) is 19. The molecule has 5 aliphatic heterocycles. The number of nitrogens with one attached hydrogen (secondary N) is 2. The lowest BCUT2D eigenvalue weighted by molar-refractivity contribution is -0.165. The third-order valence-corrected chi connectivity index (χ3v) is 21.0. The van der Waals surface area contributed by atoms with E-state index in [0.717, 1.165) is 19.3 Å². The third-order valence-electron chi connectivity index (χ3n) is 19.5. The summed E-state index contributed by atoms with van der Waals surface area (Å²) in [5.41, 5.74) is 24.2. The monoisotopic (exact) mass is 2690 g/mol. The number of alkyl halides is 2. The molecule has 5 fully saturated rings. The number of ether oxygens (including phenoxy) is 12. The van der Waals surface area contributed by atoms with Crippen LogP contribution in [0, 0.1) is 12.6 Å². The van der Waals surface area contributed by atoms with Crippen LogP contribution >= 0.6 is 152 Å². The van der Waals surface area contributed by atoms with Crippen molar-refractivity contribution in [3.8, 4) is 0 Å². The average Bonchev–Trinajstić information content (AvgIpc) is 1.62. The van der Waals surface area contributed by atoms with Crippen LogP contribution in [-0.2, 0) is 105 Å². The molecule has 10 aromatic rings. The van der Waals surface area contributed by atoms with Gasteiger partial charge in [-0.2, -0.15) is 19.9 Å². The molecule has 58 nitrogen and oxygen atoms in total. The summed E-state index contributed by atoms with van der Waals surface area (Å²) in [5.74, 6) is 3.77. The minimum absolute atomic E-state index is 0. The molecule has 149 heavy (non-hydrogen) atoms. The first kappa shape index (κ1) is 140. The lowest BCUT2D eigenvalue weighted by atomic mass is 10.1. The number of nitrogen functional groups attached to an aromatic ring is 4. The fourth-order valence-corrected chi connectivity index (χ4v) is 15.6. The number of carbonyl (C=O) groups is 8. The Morgan fingerprint density at radius 3 is 0.987 bits per heavy atom. The van der Waals surface area contributed by atoms with Crippen LogP contribution in [0.25, 0.3) is 55.8 Å². The quantitative estimate of drug-likeness (QED) is 0.00260. The summed E-state index contributed by atoms with van der Waals surface area (Å²) in [6, 6.07) is 0. The van der Waals surface area contributed by atoms with Gasteiger partial charge in [-0.05, 0) is 59.4 Å². The second-order valence-electron chi connectivity index (χ2n) is 29.6. The van der Waals surface area contributed by atoms with E-state index >= 15 is 0 Å². The molecule has 15 rings (SSSR count). The number of H-pyrrole nitrogens is 2. The molecule has 0 bridgehead atoms. The van der Waals surface area contributed by atoms with Crippen LogP contribution < -0.4 is 45.7 Å². The van der Waals surface area contributed by atoms with Crippen molar-refractivity contribution >= 4 is 280 Å². The number of aromatic nitrogens is 20. The maximum Gasteiger partial charge on any atom is 0.339 e. The molecule has 8 unspecified atom stereocenters. The summed E-state index contributed by atoms with van der Waals surface area (Å²) >= 11 is 34.4. The third kappa shape index (κ3) is 38.9. The van der Waals surface area contributed by atoms with Crippen molar-refractivity contribution in [1.82, 2.24) is 97.6 Å². The maximum absolute atomic E-state index is 12.0. The Balaban J connectivity index is 0.00000172. The molecular formula is C81H125Cl5I4N27O31P. The summed E-state index contributed by atoms with van der Waals surface area (Å²) in [6.07, 6.45) is -5.71. The highest BCUT2D eigenvalue weighted by atomic mass is 127. The Morgan fingerprint density at radius 1 is 0.423 bits per heavy atom. The van der Waals surface area contributed by atoms with Crippen molar-refractivity contribution in [2.75, 3.05) is 45.2 Å². The molecule has 5 aliphatic rings. The number of hydrogen-bond acceptors (Lipinski definition) is 51. The molecule has 68 heteroatoms. The van der Waals surface area contributed by atoms with Gasteiger partial charge in [0.2, 0.25) is 17.8 Å². The van der Waals surface area contributed by atoms with Crippen LogP contribution in [0.1, 0.15) is 197 Å². The number of aromatic amines is 2. The van der Waals surface area contributed by atoms with Gasteiger partial charge in [-0.3, -0.25) is 97.0 Å². The van der Waals surface area contributed by atoms with Gasteiger partial charge in [0.25, 0.3) is 11.1 Å². The molecule has 10 aromatic heterocycles. The highest BCUT2D eigenvalue weighted by molar-refractivity contribution is 14.2. The lowest BCUT2D eigenvalue weighted by Gasteiger charge is -2.23. The number of esters is 8. The van der Waals surface area contributed by atoms with Crippen LogP contribution in [0.4, 0.5) is 23.7 Å². The maximum atomic E-state index is 12.0. The zero-order valence-electron chi connectivity index (χ0n) is 77.2. The molecule has 838 valence electrons. The van der Waals surface area contributed by atoms with Crippen LogP contribution in [0.3, 0.4) is 0 Å². The zero-order valence-corrected chi connectivity index (χ0v) is 90.5. The van der Waals surface area contributed by atoms with Crippen LogP contribution in [-0.4, -0.2) is 290 Å². The number of anilines is 4. The molecular weight excluding hydrogens is 2560 g/mol. The second kappa shape index (κ2) is 66.2. The molecule has 0 saturated carbocycles. The minimum Gasteiger partial charge on any atom is -0.456 e. The van der Waals surface area contributed by atoms with E-state index in [0.29, 0.717) is 67.0 Å². The highest BCUT2D eigenvalue weighted by Crippen LogP contribution is 2.61. The number of halogens is 9. The summed E-state index contributed by atoms with van der Waals surface area (Å²) in [5, 5.41) is 57.0. The summed E-state index contributed by atoms with van der Waals surface area (Å²) < 4.78 is 83.9. The van der Waals surface area contributed by atoms with Crippen molar-refractivity contribution < 1.29 is 135 Å². The van der Waals surface area contributed by atoms with E-state index in [1.165, 1.54) is 103 Å². The van der Waals surface area contributed by atoms with Gasteiger partial charge in [-0.25, -0.2) is 44.9 Å². The fraction of sp³-hybridized carbons (Fsp3) is 0.593. The van der Waals surface area contributed by atoms with E-state index < -0.39 is 200 Å². The molecule has 15 heterocycles. The van der Waals surface area contributed by atoms with Crippen LogP contribution in [0.5, 0.6) is 0 Å². The van der Waals surface area contributed by atoms with Gasteiger partial charge in [0, 0.05) is 101 Å². The molecule has 20 atom stereocenters.